The van der Waals surface area contributed by atoms with E-state index in [1.807, 2.05) is 37.9 Å². The van der Waals surface area contributed by atoms with Crippen LogP contribution in [-0.4, -0.2) is 109 Å². The molecule has 1 aromatic carbocycles. The molecule has 2 fully saturated rings. The smallest absolute Gasteiger partial charge is 0.434 e. The lowest BCUT2D eigenvalue weighted by Gasteiger charge is -2.45. The predicted octanol–water partition coefficient (Wildman–Crippen LogP) is 4.12. The SMILES string of the molecule is Cc1ccc(CN(C)C2(C)CCN(C(=O)OC(C(F)(F)F)C(F)(F)F)CC2)c(N2CCN(CC(=O)O)CC2)c1. The van der Waals surface area contributed by atoms with Gasteiger partial charge in [0, 0.05) is 57.0 Å². The molecule has 0 atom stereocenters. The first-order chi connectivity index (χ1) is 18.0. The van der Waals surface area contributed by atoms with Crippen molar-refractivity contribution in [2.24, 2.45) is 0 Å². The summed E-state index contributed by atoms with van der Waals surface area (Å²) in [5, 5.41) is 9.05. The molecule has 0 aromatic heterocycles. The summed E-state index contributed by atoms with van der Waals surface area (Å²) >= 11 is 0. The Balaban J connectivity index is 1.63. The summed E-state index contributed by atoms with van der Waals surface area (Å²) in [6.45, 7) is 6.91. The number of ether oxygens (including phenoxy) is 1. The van der Waals surface area contributed by atoms with Crippen LogP contribution >= 0.6 is 0 Å². The van der Waals surface area contributed by atoms with Crippen molar-refractivity contribution in [3.63, 3.8) is 0 Å². The summed E-state index contributed by atoms with van der Waals surface area (Å²) in [5.74, 6) is -0.866. The second-order valence-corrected chi connectivity index (χ2v) is 10.5. The van der Waals surface area contributed by atoms with Gasteiger partial charge in [0.2, 0.25) is 0 Å². The molecule has 0 saturated carbocycles. The molecular weight excluding hydrogens is 534 g/mol. The number of halogens is 6. The van der Waals surface area contributed by atoms with E-state index in [9.17, 15) is 35.9 Å². The van der Waals surface area contributed by atoms with Gasteiger partial charge in [-0.2, -0.15) is 26.3 Å². The van der Waals surface area contributed by atoms with Gasteiger partial charge in [-0.3, -0.25) is 14.6 Å². The molecule has 2 aliphatic rings. The van der Waals surface area contributed by atoms with Crippen LogP contribution in [0.15, 0.2) is 18.2 Å². The van der Waals surface area contributed by atoms with Crippen molar-refractivity contribution in [2.75, 3.05) is 57.8 Å². The molecule has 14 heteroatoms. The fourth-order valence-electron chi connectivity index (χ4n) is 4.93. The quantitative estimate of drug-likeness (QED) is 0.496. The van der Waals surface area contributed by atoms with E-state index < -0.39 is 36.1 Å². The molecule has 3 rings (SSSR count). The van der Waals surface area contributed by atoms with Gasteiger partial charge in [0.1, 0.15) is 0 Å². The number of carbonyl (C=O) groups is 2. The van der Waals surface area contributed by atoms with Crippen LogP contribution in [0, 0.1) is 6.92 Å². The fourth-order valence-corrected chi connectivity index (χ4v) is 4.93. The van der Waals surface area contributed by atoms with E-state index in [1.54, 1.807) is 0 Å². The normalized spacial score (nSPS) is 19.1. The van der Waals surface area contributed by atoms with Crippen LogP contribution in [0.4, 0.5) is 36.8 Å². The van der Waals surface area contributed by atoms with Crippen molar-refractivity contribution >= 4 is 17.7 Å². The van der Waals surface area contributed by atoms with Gasteiger partial charge >= 0.3 is 24.4 Å². The molecule has 220 valence electrons. The van der Waals surface area contributed by atoms with Gasteiger partial charge in [0.15, 0.2) is 0 Å². The van der Waals surface area contributed by atoms with E-state index in [2.05, 4.69) is 20.6 Å². The maximum Gasteiger partial charge on any atom is 0.434 e. The van der Waals surface area contributed by atoms with Crippen LogP contribution in [0.25, 0.3) is 0 Å². The summed E-state index contributed by atoms with van der Waals surface area (Å²) in [7, 11) is 1.89. The summed E-state index contributed by atoms with van der Waals surface area (Å²) in [6.07, 6.45) is -16.7. The Morgan fingerprint density at radius 2 is 1.59 bits per heavy atom. The highest BCUT2D eigenvalue weighted by molar-refractivity contribution is 5.69. The van der Waals surface area contributed by atoms with E-state index in [0.29, 0.717) is 45.6 Å². The number of hydrogen-bond acceptors (Lipinski definition) is 6. The average molecular weight is 569 g/mol. The van der Waals surface area contributed by atoms with Crippen molar-refractivity contribution in [1.29, 1.82) is 0 Å². The molecule has 0 bridgehead atoms. The highest BCUT2D eigenvalue weighted by Crippen LogP contribution is 2.37. The van der Waals surface area contributed by atoms with Gasteiger partial charge in [-0.15, -0.1) is 0 Å². The zero-order valence-electron chi connectivity index (χ0n) is 22.1. The number of benzene rings is 1. The Hall–Kier alpha value is -2.74. The molecule has 0 spiro atoms. The summed E-state index contributed by atoms with van der Waals surface area (Å²) in [6, 6.07) is 6.09. The van der Waals surface area contributed by atoms with Crippen LogP contribution in [-0.2, 0) is 16.1 Å². The molecule has 2 aliphatic heterocycles. The van der Waals surface area contributed by atoms with Gasteiger partial charge in [0.05, 0.1) is 6.54 Å². The van der Waals surface area contributed by atoms with Crippen molar-refractivity contribution in [3.05, 3.63) is 29.3 Å². The highest BCUT2D eigenvalue weighted by Gasteiger charge is 2.60. The maximum absolute atomic E-state index is 12.8. The monoisotopic (exact) mass is 568 g/mol. The van der Waals surface area contributed by atoms with Crippen LogP contribution in [0.1, 0.15) is 30.9 Å². The van der Waals surface area contributed by atoms with Crippen LogP contribution in [0.3, 0.4) is 0 Å². The summed E-state index contributed by atoms with van der Waals surface area (Å²) in [4.78, 5) is 30.2. The number of piperazine rings is 1. The van der Waals surface area contributed by atoms with Gasteiger partial charge in [-0.05, 0) is 50.9 Å². The summed E-state index contributed by atoms with van der Waals surface area (Å²) in [5.41, 5.74) is 2.67. The highest BCUT2D eigenvalue weighted by atomic mass is 19.4. The number of hydrogen-bond donors (Lipinski definition) is 1. The third-order valence-corrected chi connectivity index (χ3v) is 7.55. The standard InChI is InChI=1S/C25H34F6N4O4/c1-17-4-5-18(19(14-17)34-12-10-33(11-13-34)16-20(36)37)15-32(3)23(2)6-8-35(9-7-23)22(38)39-21(24(26,27)28)25(29,30)31/h4-5,14,21H,6-13,15-16H2,1-3H3,(H,36,37). The molecule has 1 N–H and O–H groups in total. The van der Waals surface area contributed by atoms with Crippen LogP contribution in [0.2, 0.25) is 0 Å². The zero-order chi connectivity index (χ0) is 29.2. The van der Waals surface area contributed by atoms with Crippen molar-refractivity contribution in [1.82, 2.24) is 14.7 Å². The topological polar surface area (TPSA) is 76.6 Å². The summed E-state index contributed by atoms with van der Waals surface area (Å²) < 4.78 is 80.6. The molecule has 0 unspecified atom stereocenters. The van der Waals surface area contributed by atoms with Crippen molar-refractivity contribution in [3.8, 4) is 0 Å². The molecule has 2 saturated heterocycles. The minimum Gasteiger partial charge on any atom is -0.480 e. The molecule has 1 aromatic rings. The first-order valence-electron chi connectivity index (χ1n) is 12.6. The third kappa shape index (κ3) is 7.90. The van der Waals surface area contributed by atoms with Gasteiger partial charge in [-0.25, -0.2) is 4.79 Å². The minimum absolute atomic E-state index is 0.00671. The molecule has 8 nitrogen and oxygen atoms in total. The second-order valence-electron chi connectivity index (χ2n) is 10.5. The van der Waals surface area contributed by atoms with E-state index in [1.165, 1.54) is 0 Å². The number of carbonyl (C=O) groups excluding carboxylic acids is 1. The third-order valence-electron chi connectivity index (χ3n) is 7.55. The number of aliphatic carboxylic acids is 1. The zero-order valence-corrected chi connectivity index (χ0v) is 22.1. The molecule has 2 heterocycles. The minimum atomic E-state index is -5.76. The number of carboxylic acid groups (broad SMARTS) is 1. The van der Waals surface area contributed by atoms with E-state index >= 15 is 0 Å². The number of nitrogens with zero attached hydrogens (tertiary/aromatic N) is 4. The average Bonchev–Trinajstić information content (AvgIpc) is 2.82. The number of piperidine rings is 1. The predicted molar refractivity (Wildman–Crippen MR) is 131 cm³/mol. The Morgan fingerprint density at radius 1 is 1.03 bits per heavy atom. The first-order valence-corrected chi connectivity index (χ1v) is 12.6. The Labute approximate surface area is 223 Å². The molecular formula is C25H34F6N4O4. The lowest BCUT2D eigenvalue weighted by molar-refractivity contribution is -0.308. The van der Waals surface area contributed by atoms with E-state index in [0.717, 1.165) is 21.7 Å². The Bertz CT molecular complexity index is 1000. The molecule has 39 heavy (non-hydrogen) atoms. The first kappa shape index (κ1) is 30.8. The van der Waals surface area contributed by atoms with Gasteiger partial charge < -0.3 is 19.6 Å². The van der Waals surface area contributed by atoms with Crippen LogP contribution < -0.4 is 4.90 Å². The lowest BCUT2D eigenvalue weighted by atomic mass is 9.87. The fraction of sp³-hybridized carbons (Fsp3) is 0.680. The molecule has 0 aliphatic carbocycles. The molecule has 1 amide bonds. The second kappa shape index (κ2) is 11.8. The van der Waals surface area contributed by atoms with E-state index in [-0.39, 0.29) is 19.6 Å². The number of anilines is 1. The number of likely N-dealkylation sites (tertiary alicyclic amines) is 1. The Morgan fingerprint density at radius 3 is 2.10 bits per heavy atom. The number of aryl methyl sites for hydroxylation is 1. The van der Waals surface area contributed by atoms with Crippen molar-refractivity contribution < 1.29 is 45.8 Å². The lowest BCUT2D eigenvalue weighted by Crippen LogP contribution is -2.54. The molecule has 0 radical (unpaired) electrons. The Kier molecular flexibility index (Phi) is 9.31. The van der Waals surface area contributed by atoms with Gasteiger partial charge in [-0.1, -0.05) is 12.1 Å². The van der Waals surface area contributed by atoms with Crippen molar-refractivity contribution in [2.45, 2.75) is 57.2 Å². The van der Waals surface area contributed by atoms with Gasteiger partial charge in [0.25, 0.3) is 6.10 Å². The number of amides is 1. The number of carboxylic acids is 1. The van der Waals surface area contributed by atoms with Crippen LogP contribution in [0.5, 0.6) is 0 Å². The number of alkyl halides is 6. The maximum atomic E-state index is 12.8. The number of rotatable bonds is 7. The largest absolute Gasteiger partial charge is 0.480 e. The van der Waals surface area contributed by atoms with E-state index in [4.69, 9.17) is 5.11 Å².